The maximum atomic E-state index is 13.1. The van der Waals surface area contributed by atoms with Crippen LogP contribution in [0.15, 0.2) is 24.5 Å². The van der Waals surface area contributed by atoms with Crippen LogP contribution >= 0.6 is 0 Å². The highest BCUT2D eigenvalue weighted by Gasteiger charge is 2.34. The number of ether oxygens (including phenoxy) is 1. The Morgan fingerprint density at radius 2 is 1.96 bits per heavy atom. The highest BCUT2D eigenvalue weighted by molar-refractivity contribution is 5.79. The maximum absolute atomic E-state index is 13.1. The maximum Gasteiger partial charge on any atom is 0.228 e. The van der Waals surface area contributed by atoms with Crippen molar-refractivity contribution in [3.05, 3.63) is 30.1 Å². The molecule has 1 amide bonds. The summed E-state index contributed by atoms with van der Waals surface area (Å²) in [5.74, 6) is 0.963. The van der Waals surface area contributed by atoms with Crippen LogP contribution in [0.2, 0.25) is 0 Å². The number of nitrogens with zero attached hydrogens (tertiary/aromatic N) is 2. The van der Waals surface area contributed by atoms with Crippen molar-refractivity contribution >= 4 is 5.91 Å². The minimum Gasteiger partial charge on any atom is -0.378 e. The summed E-state index contributed by atoms with van der Waals surface area (Å²) in [6, 6.07) is 4.02. The second-order valence-electron chi connectivity index (χ2n) is 7.05. The van der Waals surface area contributed by atoms with E-state index in [0.717, 1.165) is 18.5 Å². The van der Waals surface area contributed by atoms with Crippen LogP contribution < -0.4 is 0 Å². The number of carbonyl (C=O) groups is 1. The largest absolute Gasteiger partial charge is 0.378 e. The summed E-state index contributed by atoms with van der Waals surface area (Å²) in [4.78, 5) is 19.2. The van der Waals surface area contributed by atoms with E-state index in [1.807, 2.05) is 19.1 Å². The quantitative estimate of drug-likeness (QED) is 0.836. The molecule has 2 atom stereocenters. The summed E-state index contributed by atoms with van der Waals surface area (Å²) >= 11 is 0. The van der Waals surface area contributed by atoms with Gasteiger partial charge in [-0.1, -0.05) is 19.3 Å². The van der Waals surface area contributed by atoms with Gasteiger partial charge in [0.2, 0.25) is 5.91 Å². The van der Waals surface area contributed by atoms with Crippen molar-refractivity contribution in [1.29, 1.82) is 0 Å². The Labute approximate surface area is 139 Å². The van der Waals surface area contributed by atoms with Crippen molar-refractivity contribution in [1.82, 2.24) is 9.88 Å². The zero-order valence-corrected chi connectivity index (χ0v) is 14.1. The smallest absolute Gasteiger partial charge is 0.228 e. The minimum atomic E-state index is 0.0282. The Bertz CT molecular complexity index is 499. The molecule has 2 heterocycles. The van der Waals surface area contributed by atoms with E-state index in [4.69, 9.17) is 4.74 Å². The molecule has 4 nitrogen and oxygen atoms in total. The van der Waals surface area contributed by atoms with Crippen LogP contribution in [0.3, 0.4) is 0 Å². The molecule has 0 N–H and O–H groups in total. The van der Waals surface area contributed by atoms with Crippen molar-refractivity contribution in [3.8, 4) is 0 Å². The fourth-order valence-corrected chi connectivity index (χ4v) is 3.91. The molecule has 0 spiro atoms. The molecule has 1 saturated carbocycles. The van der Waals surface area contributed by atoms with Crippen molar-refractivity contribution < 1.29 is 9.53 Å². The van der Waals surface area contributed by atoms with Gasteiger partial charge in [0.05, 0.1) is 12.0 Å². The van der Waals surface area contributed by atoms with E-state index < -0.39 is 0 Å². The molecular weight excluding hydrogens is 288 g/mol. The Kier molecular flexibility index (Phi) is 5.65. The van der Waals surface area contributed by atoms with Gasteiger partial charge in [0.15, 0.2) is 0 Å². The van der Waals surface area contributed by atoms with Gasteiger partial charge < -0.3 is 9.64 Å². The first-order chi connectivity index (χ1) is 11.2. The van der Waals surface area contributed by atoms with Gasteiger partial charge in [-0.25, -0.2) is 0 Å². The highest BCUT2D eigenvalue weighted by Crippen LogP contribution is 2.28. The van der Waals surface area contributed by atoms with Crippen LogP contribution in [0.4, 0.5) is 0 Å². The zero-order chi connectivity index (χ0) is 16.1. The lowest BCUT2D eigenvalue weighted by Crippen LogP contribution is -2.41. The molecule has 126 valence electrons. The summed E-state index contributed by atoms with van der Waals surface area (Å²) in [6.07, 6.45) is 11.0. The molecule has 1 aromatic heterocycles. The number of hydrogen-bond donors (Lipinski definition) is 0. The summed E-state index contributed by atoms with van der Waals surface area (Å²) in [5.41, 5.74) is 1.16. The summed E-state index contributed by atoms with van der Waals surface area (Å²) in [5, 5.41) is 0. The van der Waals surface area contributed by atoms with E-state index in [0.29, 0.717) is 19.1 Å². The van der Waals surface area contributed by atoms with Gasteiger partial charge in [-0.05, 0) is 49.8 Å². The van der Waals surface area contributed by atoms with Crippen molar-refractivity contribution in [2.75, 3.05) is 13.2 Å². The predicted octanol–water partition coefficient (Wildman–Crippen LogP) is 3.42. The van der Waals surface area contributed by atoms with E-state index in [2.05, 4.69) is 9.88 Å². The fraction of sp³-hybridized carbons (Fsp3) is 0.684. The Balaban J connectivity index is 1.70. The average molecular weight is 316 g/mol. The van der Waals surface area contributed by atoms with E-state index in [1.165, 1.54) is 32.1 Å². The third kappa shape index (κ3) is 4.31. The van der Waals surface area contributed by atoms with Crippen LogP contribution in [0.1, 0.15) is 51.0 Å². The monoisotopic (exact) mass is 316 g/mol. The van der Waals surface area contributed by atoms with E-state index >= 15 is 0 Å². The van der Waals surface area contributed by atoms with Crippen LogP contribution in [0, 0.1) is 11.8 Å². The van der Waals surface area contributed by atoms with Crippen LogP contribution in [-0.4, -0.2) is 35.0 Å². The first-order valence-corrected chi connectivity index (χ1v) is 9.03. The minimum absolute atomic E-state index is 0.0282. The molecule has 1 saturated heterocycles. The predicted molar refractivity (Wildman–Crippen MR) is 89.8 cm³/mol. The SMILES string of the molecule is C[C@@H]1OCC[C@H]1C(=O)N(Cc1ccncc1)CC1CCCCC1. The van der Waals surface area contributed by atoms with Gasteiger partial charge in [0.25, 0.3) is 0 Å². The van der Waals surface area contributed by atoms with Crippen molar-refractivity contribution in [2.45, 2.75) is 58.1 Å². The Morgan fingerprint density at radius 3 is 2.61 bits per heavy atom. The lowest BCUT2D eigenvalue weighted by Gasteiger charge is -2.32. The van der Waals surface area contributed by atoms with Gasteiger partial charge in [0.1, 0.15) is 0 Å². The average Bonchev–Trinajstić information content (AvgIpc) is 3.01. The highest BCUT2D eigenvalue weighted by atomic mass is 16.5. The van der Waals surface area contributed by atoms with Gasteiger partial charge >= 0.3 is 0 Å². The molecule has 2 aliphatic rings. The molecule has 0 unspecified atom stereocenters. The molecule has 0 bridgehead atoms. The lowest BCUT2D eigenvalue weighted by atomic mass is 9.88. The Hall–Kier alpha value is -1.42. The third-order valence-corrected chi connectivity index (χ3v) is 5.33. The standard InChI is InChI=1S/C19H28N2O2/c1-15-18(9-12-23-15)19(22)21(13-16-5-3-2-4-6-16)14-17-7-10-20-11-8-17/h7-8,10-11,15-16,18H,2-6,9,12-14H2,1H3/t15-,18+/m0/s1. The first-order valence-electron chi connectivity index (χ1n) is 9.03. The molecule has 0 aromatic carbocycles. The van der Waals surface area contributed by atoms with Crippen LogP contribution in [-0.2, 0) is 16.1 Å². The van der Waals surface area contributed by atoms with E-state index in [1.54, 1.807) is 12.4 Å². The molecule has 0 radical (unpaired) electrons. The van der Waals surface area contributed by atoms with Crippen molar-refractivity contribution in [2.24, 2.45) is 11.8 Å². The number of pyridine rings is 1. The summed E-state index contributed by atoms with van der Waals surface area (Å²) in [6.45, 7) is 4.33. The van der Waals surface area contributed by atoms with Gasteiger partial charge in [0, 0.05) is 32.1 Å². The zero-order valence-electron chi connectivity index (χ0n) is 14.1. The molecule has 1 aliphatic carbocycles. The van der Waals surface area contributed by atoms with Gasteiger partial charge in [-0.3, -0.25) is 9.78 Å². The topological polar surface area (TPSA) is 42.4 Å². The third-order valence-electron chi connectivity index (χ3n) is 5.33. The number of carbonyl (C=O) groups excluding carboxylic acids is 1. The number of rotatable bonds is 5. The van der Waals surface area contributed by atoms with E-state index in [-0.39, 0.29) is 17.9 Å². The molecular formula is C19H28N2O2. The Morgan fingerprint density at radius 1 is 1.22 bits per heavy atom. The first kappa shape index (κ1) is 16.4. The fourth-order valence-electron chi connectivity index (χ4n) is 3.91. The molecule has 2 fully saturated rings. The molecule has 3 rings (SSSR count). The second-order valence-corrected chi connectivity index (χ2v) is 7.05. The van der Waals surface area contributed by atoms with E-state index in [9.17, 15) is 4.79 Å². The number of amides is 1. The molecule has 1 aromatic rings. The molecule has 23 heavy (non-hydrogen) atoms. The lowest BCUT2D eigenvalue weighted by molar-refractivity contribution is -0.138. The normalized spacial score (nSPS) is 25.4. The van der Waals surface area contributed by atoms with Crippen LogP contribution in [0.5, 0.6) is 0 Å². The summed E-state index contributed by atoms with van der Waals surface area (Å²) < 4.78 is 5.62. The second kappa shape index (κ2) is 7.91. The van der Waals surface area contributed by atoms with Gasteiger partial charge in [-0.2, -0.15) is 0 Å². The molecule has 4 heteroatoms. The van der Waals surface area contributed by atoms with Gasteiger partial charge in [-0.15, -0.1) is 0 Å². The van der Waals surface area contributed by atoms with Crippen molar-refractivity contribution in [3.63, 3.8) is 0 Å². The summed E-state index contributed by atoms with van der Waals surface area (Å²) in [7, 11) is 0. The number of aromatic nitrogens is 1. The number of hydrogen-bond acceptors (Lipinski definition) is 3. The molecule has 1 aliphatic heterocycles. The van der Waals surface area contributed by atoms with Crippen LogP contribution in [0.25, 0.3) is 0 Å².